The van der Waals surface area contributed by atoms with Crippen LogP contribution in [0.3, 0.4) is 0 Å². The van der Waals surface area contributed by atoms with Gasteiger partial charge in [0.15, 0.2) is 6.10 Å². The van der Waals surface area contributed by atoms with Gasteiger partial charge in [0, 0.05) is 22.8 Å². The fourth-order valence-corrected chi connectivity index (χ4v) is 4.44. The van der Waals surface area contributed by atoms with Crippen LogP contribution in [0, 0.1) is 5.41 Å². The molecule has 0 aliphatic heterocycles. The molecule has 5 N–H and O–H groups in total. The number of carbonyl (C=O) groups excluding carboxylic acids is 2. The van der Waals surface area contributed by atoms with E-state index < -0.39 is 18.3 Å². The van der Waals surface area contributed by atoms with Crippen LogP contribution < -0.4 is 21.1 Å². The molecule has 1 atom stereocenters. The summed E-state index contributed by atoms with van der Waals surface area (Å²) in [4.78, 5) is 24.4. The van der Waals surface area contributed by atoms with E-state index in [1.54, 1.807) is 24.3 Å². The molecule has 1 unspecified atom stereocenters. The van der Waals surface area contributed by atoms with E-state index in [2.05, 4.69) is 10.6 Å². The molecule has 4 aromatic rings. The van der Waals surface area contributed by atoms with Crippen molar-refractivity contribution in [3.8, 4) is 5.75 Å². The number of nitrogens with two attached hydrogens (primary N) is 1. The largest absolute Gasteiger partial charge is 0.481 e. The summed E-state index contributed by atoms with van der Waals surface area (Å²) in [6.07, 6.45) is -1.72. The lowest BCUT2D eigenvalue weighted by atomic mass is 10.1. The van der Waals surface area contributed by atoms with Crippen molar-refractivity contribution >= 4 is 45.1 Å². The molecule has 10 heteroatoms. The van der Waals surface area contributed by atoms with Gasteiger partial charge < -0.3 is 25.3 Å². The Kier molecular flexibility index (Phi) is 8.22. The van der Waals surface area contributed by atoms with Gasteiger partial charge in [0.25, 0.3) is 0 Å². The third kappa shape index (κ3) is 6.77. The Labute approximate surface area is 217 Å². The highest BCUT2D eigenvalue weighted by Gasteiger charge is 2.19. The number of benzene rings is 3. The maximum absolute atomic E-state index is 12.5. The molecule has 190 valence electrons. The molecule has 0 radical (unpaired) electrons. The number of alkyl carbamates (subject to hydrolysis) is 1. The molecule has 1 aromatic heterocycles. The molecule has 9 nitrogen and oxygen atoms in total. The normalized spacial score (nSPS) is 11.4. The Balaban J connectivity index is 1.42. The van der Waals surface area contributed by atoms with E-state index in [4.69, 9.17) is 25.4 Å². The minimum atomic E-state index is -0.633. The van der Waals surface area contributed by atoms with E-state index in [0.717, 1.165) is 21.2 Å². The van der Waals surface area contributed by atoms with Crippen molar-refractivity contribution in [1.29, 1.82) is 5.41 Å². The summed E-state index contributed by atoms with van der Waals surface area (Å²) in [5.41, 5.74) is 7.82. The van der Waals surface area contributed by atoms with Crippen LogP contribution in [0.25, 0.3) is 10.1 Å². The highest BCUT2D eigenvalue weighted by atomic mass is 32.1. The van der Waals surface area contributed by atoms with E-state index in [1.807, 2.05) is 54.6 Å². The first-order valence-corrected chi connectivity index (χ1v) is 12.2. The average Bonchev–Trinajstić information content (AvgIpc) is 3.37. The topological polar surface area (TPSA) is 136 Å². The summed E-state index contributed by atoms with van der Waals surface area (Å²) >= 11 is 1.42. The molecule has 4 rings (SSSR count). The van der Waals surface area contributed by atoms with Gasteiger partial charge in [-0.2, -0.15) is 0 Å². The molecular formula is C27H26N4O5S. The highest BCUT2D eigenvalue weighted by molar-refractivity contribution is 7.20. The lowest BCUT2D eigenvalue weighted by Gasteiger charge is -2.20. The fourth-order valence-electron chi connectivity index (χ4n) is 3.50. The predicted molar refractivity (Wildman–Crippen MR) is 143 cm³/mol. The number of thiophene rings is 1. The Morgan fingerprint density at radius 3 is 2.43 bits per heavy atom. The zero-order valence-corrected chi connectivity index (χ0v) is 20.8. The van der Waals surface area contributed by atoms with Crippen molar-refractivity contribution in [3.05, 3.63) is 94.9 Å². The summed E-state index contributed by atoms with van der Waals surface area (Å²) in [7, 11) is 1.49. The van der Waals surface area contributed by atoms with Gasteiger partial charge in [0.2, 0.25) is 0 Å². The number of hydrogen-bond donors (Lipinski definition) is 4. The zero-order valence-electron chi connectivity index (χ0n) is 20.0. The van der Waals surface area contributed by atoms with Crippen LogP contribution in [0.15, 0.2) is 78.9 Å². The predicted octanol–water partition coefficient (Wildman–Crippen LogP) is 5.41. The summed E-state index contributed by atoms with van der Waals surface area (Å²) in [5.74, 6) is 0.604. The second-order valence-corrected chi connectivity index (χ2v) is 9.04. The average molecular weight is 519 g/mol. The third-order valence-electron chi connectivity index (χ3n) is 5.37. The van der Waals surface area contributed by atoms with Gasteiger partial charge in [-0.15, -0.1) is 11.3 Å². The number of ether oxygens (including phenoxy) is 3. The standard InChI is InChI=1S/C27H26N4O5S/c1-30-26(32)34-15-17-10-12-19(13-11-17)31-27(33)35-16-22(18-6-3-2-4-7-18)36-21-8-5-9-23-20(21)14-24(37-23)25(28)29/h2-14,22H,15-16H2,1H3,(H3,28,29)(H,30,32)(H,31,33). The highest BCUT2D eigenvalue weighted by Crippen LogP contribution is 2.35. The van der Waals surface area contributed by atoms with E-state index in [0.29, 0.717) is 16.3 Å². The van der Waals surface area contributed by atoms with Crippen molar-refractivity contribution in [2.75, 3.05) is 19.0 Å². The number of carbonyl (C=O) groups is 2. The third-order valence-corrected chi connectivity index (χ3v) is 6.50. The quantitative estimate of drug-likeness (QED) is 0.173. The summed E-state index contributed by atoms with van der Waals surface area (Å²) < 4.78 is 17.8. The molecule has 37 heavy (non-hydrogen) atoms. The first-order valence-electron chi connectivity index (χ1n) is 11.4. The molecule has 0 bridgehead atoms. The first kappa shape index (κ1) is 25.5. The van der Waals surface area contributed by atoms with Crippen LogP contribution >= 0.6 is 11.3 Å². The number of amides is 2. The van der Waals surface area contributed by atoms with E-state index in [-0.39, 0.29) is 19.0 Å². The number of anilines is 1. The number of nitrogen functional groups attached to an aromatic ring is 1. The monoisotopic (exact) mass is 518 g/mol. The smallest absolute Gasteiger partial charge is 0.411 e. The van der Waals surface area contributed by atoms with Gasteiger partial charge in [-0.3, -0.25) is 10.7 Å². The van der Waals surface area contributed by atoms with Gasteiger partial charge in [-0.25, -0.2) is 9.59 Å². The van der Waals surface area contributed by atoms with Gasteiger partial charge in [-0.1, -0.05) is 48.5 Å². The van der Waals surface area contributed by atoms with Crippen LogP contribution in [0.2, 0.25) is 0 Å². The fraction of sp³-hybridized carbons (Fsp3) is 0.148. The van der Waals surface area contributed by atoms with Crippen LogP contribution in [0.4, 0.5) is 15.3 Å². The molecule has 0 saturated heterocycles. The Hall–Kier alpha value is -4.57. The molecule has 0 aliphatic rings. The zero-order chi connectivity index (χ0) is 26.2. The van der Waals surface area contributed by atoms with Crippen molar-refractivity contribution in [1.82, 2.24) is 5.32 Å². The Morgan fingerprint density at radius 1 is 0.973 bits per heavy atom. The Morgan fingerprint density at radius 2 is 1.73 bits per heavy atom. The van der Waals surface area contributed by atoms with Crippen molar-refractivity contribution in [2.24, 2.45) is 5.73 Å². The second kappa shape index (κ2) is 11.9. The van der Waals surface area contributed by atoms with E-state index >= 15 is 0 Å². The van der Waals surface area contributed by atoms with E-state index in [9.17, 15) is 9.59 Å². The Bertz CT molecular complexity index is 1390. The molecule has 2 amide bonds. The lowest BCUT2D eigenvalue weighted by molar-refractivity contribution is 0.0910. The number of rotatable bonds is 9. The number of fused-ring (bicyclic) bond motifs is 1. The minimum absolute atomic E-state index is 0.00113. The van der Waals surface area contributed by atoms with Gasteiger partial charge in [0.05, 0.1) is 4.88 Å². The van der Waals surface area contributed by atoms with Crippen molar-refractivity contribution < 1.29 is 23.8 Å². The lowest BCUT2D eigenvalue weighted by Crippen LogP contribution is -2.21. The summed E-state index contributed by atoms with van der Waals surface area (Å²) in [6.45, 7) is 0.0826. The number of nitrogens with one attached hydrogen (secondary N) is 3. The van der Waals surface area contributed by atoms with Gasteiger partial charge in [-0.05, 0) is 41.5 Å². The van der Waals surface area contributed by atoms with Crippen LogP contribution in [0.5, 0.6) is 5.75 Å². The van der Waals surface area contributed by atoms with Gasteiger partial charge >= 0.3 is 12.2 Å². The van der Waals surface area contributed by atoms with E-state index in [1.165, 1.54) is 18.4 Å². The maximum atomic E-state index is 12.5. The number of hydrogen-bond acceptors (Lipinski definition) is 7. The van der Waals surface area contributed by atoms with Gasteiger partial charge in [0.1, 0.15) is 24.8 Å². The summed E-state index contributed by atoms with van der Waals surface area (Å²) in [5, 5.41) is 13.6. The maximum Gasteiger partial charge on any atom is 0.411 e. The SMILES string of the molecule is CNC(=O)OCc1ccc(NC(=O)OCC(Oc2cccc3sc(C(=N)N)cc23)c2ccccc2)cc1. The van der Waals surface area contributed by atoms with Crippen molar-refractivity contribution in [3.63, 3.8) is 0 Å². The molecule has 0 fully saturated rings. The second-order valence-electron chi connectivity index (χ2n) is 7.96. The number of amidine groups is 1. The van der Waals surface area contributed by atoms with Crippen LogP contribution in [-0.4, -0.2) is 31.7 Å². The molecule has 0 aliphatic carbocycles. The summed E-state index contributed by atoms with van der Waals surface area (Å²) in [6, 6.07) is 23.8. The molecule has 0 saturated carbocycles. The van der Waals surface area contributed by atoms with Crippen LogP contribution in [-0.2, 0) is 16.1 Å². The minimum Gasteiger partial charge on any atom is -0.481 e. The molecule has 3 aromatic carbocycles. The molecular weight excluding hydrogens is 492 g/mol. The van der Waals surface area contributed by atoms with Crippen molar-refractivity contribution in [2.45, 2.75) is 12.7 Å². The van der Waals surface area contributed by atoms with Crippen LogP contribution in [0.1, 0.15) is 22.1 Å². The molecule has 1 heterocycles. The molecule has 0 spiro atoms. The first-order chi connectivity index (χ1) is 17.9.